The molecular formula is C23H19ClO5. The highest BCUT2D eigenvalue weighted by atomic mass is 35.5. The van der Waals surface area contributed by atoms with Crippen LogP contribution in [0.1, 0.15) is 17.3 Å². The molecule has 0 fully saturated rings. The monoisotopic (exact) mass is 410 g/mol. The van der Waals surface area contributed by atoms with Gasteiger partial charge in [-0.1, -0.05) is 54.1 Å². The van der Waals surface area contributed by atoms with Gasteiger partial charge in [0.1, 0.15) is 17.1 Å². The SMILES string of the molecule is COC(=O)c1cc(Cl)ccc1OC(=O)C(C)Oc1ccc(-c2ccccc2)cc1. The number of methoxy groups -OCH3 is 1. The number of benzene rings is 3. The maximum atomic E-state index is 12.4. The fourth-order valence-electron chi connectivity index (χ4n) is 2.66. The predicted octanol–water partition coefficient (Wildman–Crippen LogP) is 5.17. The van der Waals surface area contributed by atoms with Crippen molar-refractivity contribution in [3.63, 3.8) is 0 Å². The highest BCUT2D eigenvalue weighted by molar-refractivity contribution is 6.31. The smallest absolute Gasteiger partial charge is 0.352 e. The summed E-state index contributed by atoms with van der Waals surface area (Å²) in [6, 6.07) is 21.7. The molecule has 0 saturated heterocycles. The molecule has 5 nitrogen and oxygen atoms in total. The lowest BCUT2D eigenvalue weighted by atomic mass is 10.1. The fourth-order valence-corrected chi connectivity index (χ4v) is 2.83. The lowest BCUT2D eigenvalue weighted by Crippen LogP contribution is -2.29. The van der Waals surface area contributed by atoms with Gasteiger partial charge in [0.05, 0.1) is 7.11 Å². The number of esters is 2. The van der Waals surface area contributed by atoms with Crippen LogP contribution in [-0.4, -0.2) is 25.2 Å². The summed E-state index contributed by atoms with van der Waals surface area (Å²) in [6.07, 6.45) is -0.890. The molecule has 0 aliphatic heterocycles. The van der Waals surface area contributed by atoms with Crippen molar-refractivity contribution in [3.05, 3.63) is 83.4 Å². The van der Waals surface area contributed by atoms with Gasteiger partial charge in [-0.3, -0.25) is 0 Å². The van der Waals surface area contributed by atoms with E-state index < -0.39 is 18.0 Å². The first kappa shape index (κ1) is 20.4. The third kappa shape index (κ3) is 5.15. The quantitative estimate of drug-likeness (QED) is 0.414. The number of hydrogen-bond acceptors (Lipinski definition) is 5. The fraction of sp³-hybridized carbons (Fsp3) is 0.130. The number of hydrogen-bond donors (Lipinski definition) is 0. The molecular weight excluding hydrogens is 392 g/mol. The van der Waals surface area contributed by atoms with Crippen LogP contribution in [0.4, 0.5) is 0 Å². The third-order valence-electron chi connectivity index (χ3n) is 4.16. The number of rotatable bonds is 6. The highest BCUT2D eigenvalue weighted by Gasteiger charge is 2.21. The van der Waals surface area contributed by atoms with E-state index >= 15 is 0 Å². The molecule has 0 heterocycles. The minimum atomic E-state index is -0.890. The molecule has 3 aromatic carbocycles. The van der Waals surface area contributed by atoms with E-state index in [2.05, 4.69) is 0 Å². The summed E-state index contributed by atoms with van der Waals surface area (Å²) in [4.78, 5) is 24.3. The van der Waals surface area contributed by atoms with Crippen LogP contribution in [0, 0.1) is 0 Å². The van der Waals surface area contributed by atoms with Gasteiger partial charge in [0.2, 0.25) is 0 Å². The maximum Gasteiger partial charge on any atom is 0.352 e. The van der Waals surface area contributed by atoms with Crippen molar-refractivity contribution in [3.8, 4) is 22.6 Å². The van der Waals surface area contributed by atoms with Crippen molar-refractivity contribution in [1.82, 2.24) is 0 Å². The van der Waals surface area contributed by atoms with Gasteiger partial charge in [0.25, 0.3) is 0 Å². The Bertz CT molecular complexity index is 1000. The number of carbonyl (C=O) groups is 2. The zero-order valence-corrected chi connectivity index (χ0v) is 16.7. The molecule has 6 heteroatoms. The summed E-state index contributed by atoms with van der Waals surface area (Å²) < 4.78 is 15.7. The van der Waals surface area contributed by atoms with Crippen LogP contribution in [-0.2, 0) is 9.53 Å². The first-order chi connectivity index (χ1) is 14.0. The number of ether oxygens (including phenoxy) is 3. The Balaban J connectivity index is 1.68. The van der Waals surface area contributed by atoms with Crippen molar-refractivity contribution >= 4 is 23.5 Å². The molecule has 1 atom stereocenters. The summed E-state index contributed by atoms with van der Waals surface area (Å²) >= 11 is 5.91. The van der Waals surface area contributed by atoms with E-state index in [0.717, 1.165) is 11.1 Å². The van der Waals surface area contributed by atoms with Gasteiger partial charge in [-0.05, 0) is 48.4 Å². The summed E-state index contributed by atoms with van der Waals surface area (Å²) in [5.41, 5.74) is 2.19. The standard InChI is InChI=1S/C23H19ClO5/c1-15(22(25)29-21-13-10-18(24)14-20(21)23(26)27-2)28-19-11-8-17(9-12-19)16-6-4-3-5-7-16/h3-15H,1-2H3. The van der Waals surface area contributed by atoms with Gasteiger partial charge >= 0.3 is 11.9 Å². The average Bonchev–Trinajstić information content (AvgIpc) is 2.75. The van der Waals surface area contributed by atoms with Crippen molar-refractivity contribution in [1.29, 1.82) is 0 Å². The van der Waals surface area contributed by atoms with Crippen LogP contribution in [0.2, 0.25) is 5.02 Å². The molecule has 29 heavy (non-hydrogen) atoms. The second-order valence-corrected chi connectivity index (χ2v) is 6.64. The van der Waals surface area contributed by atoms with Crippen LogP contribution in [0.3, 0.4) is 0 Å². The van der Waals surface area contributed by atoms with Crippen LogP contribution in [0.5, 0.6) is 11.5 Å². The molecule has 0 aliphatic carbocycles. The van der Waals surface area contributed by atoms with E-state index in [1.807, 2.05) is 42.5 Å². The molecule has 148 valence electrons. The van der Waals surface area contributed by atoms with E-state index in [4.69, 9.17) is 25.8 Å². The highest BCUT2D eigenvalue weighted by Crippen LogP contribution is 2.25. The van der Waals surface area contributed by atoms with Gasteiger partial charge in [-0.2, -0.15) is 0 Å². The Morgan fingerprint density at radius 1 is 0.897 bits per heavy atom. The Morgan fingerprint density at radius 2 is 1.55 bits per heavy atom. The Morgan fingerprint density at radius 3 is 2.21 bits per heavy atom. The maximum absolute atomic E-state index is 12.4. The third-order valence-corrected chi connectivity index (χ3v) is 4.40. The first-order valence-corrected chi connectivity index (χ1v) is 9.27. The minimum Gasteiger partial charge on any atom is -0.479 e. The van der Waals surface area contributed by atoms with Gasteiger partial charge in [0, 0.05) is 5.02 Å². The number of carbonyl (C=O) groups excluding carboxylic acids is 2. The van der Waals surface area contributed by atoms with Crippen molar-refractivity contribution in [2.75, 3.05) is 7.11 Å². The van der Waals surface area contributed by atoms with Gasteiger partial charge in [-0.25, -0.2) is 9.59 Å². The van der Waals surface area contributed by atoms with Gasteiger partial charge in [-0.15, -0.1) is 0 Å². The molecule has 0 radical (unpaired) electrons. The van der Waals surface area contributed by atoms with E-state index in [1.54, 1.807) is 19.1 Å². The predicted molar refractivity (Wildman–Crippen MR) is 110 cm³/mol. The molecule has 1 unspecified atom stereocenters. The summed E-state index contributed by atoms with van der Waals surface area (Å²) in [5.74, 6) is -0.718. The second-order valence-electron chi connectivity index (χ2n) is 6.20. The van der Waals surface area contributed by atoms with Crippen LogP contribution < -0.4 is 9.47 Å². The Kier molecular flexibility index (Phi) is 6.52. The normalized spacial score (nSPS) is 11.4. The molecule has 0 aliphatic rings. The van der Waals surface area contributed by atoms with Crippen LogP contribution >= 0.6 is 11.6 Å². The molecule has 3 aromatic rings. The van der Waals surface area contributed by atoms with E-state index in [0.29, 0.717) is 10.8 Å². The minimum absolute atomic E-state index is 0.0566. The molecule has 3 rings (SSSR count). The lowest BCUT2D eigenvalue weighted by Gasteiger charge is -2.15. The molecule has 0 N–H and O–H groups in total. The molecule has 0 amide bonds. The van der Waals surface area contributed by atoms with Gasteiger partial charge < -0.3 is 14.2 Å². The molecule has 0 saturated carbocycles. The topological polar surface area (TPSA) is 61.8 Å². The van der Waals surface area contributed by atoms with E-state index in [1.165, 1.54) is 25.3 Å². The van der Waals surface area contributed by atoms with Crippen molar-refractivity contribution in [2.24, 2.45) is 0 Å². The molecule has 0 aromatic heterocycles. The average molecular weight is 411 g/mol. The molecule has 0 bridgehead atoms. The number of halogens is 1. The second kappa shape index (κ2) is 9.26. The Labute approximate surface area is 173 Å². The van der Waals surface area contributed by atoms with E-state index in [-0.39, 0.29) is 11.3 Å². The zero-order chi connectivity index (χ0) is 20.8. The largest absolute Gasteiger partial charge is 0.479 e. The van der Waals surface area contributed by atoms with Crippen molar-refractivity contribution < 1.29 is 23.8 Å². The van der Waals surface area contributed by atoms with Crippen LogP contribution in [0.25, 0.3) is 11.1 Å². The lowest BCUT2D eigenvalue weighted by molar-refractivity contribution is -0.141. The molecule has 0 spiro atoms. The zero-order valence-electron chi connectivity index (χ0n) is 15.9. The van der Waals surface area contributed by atoms with Crippen LogP contribution in [0.15, 0.2) is 72.8 Å². The summed E-state index contributed by atoms with van der Waals surface area (Å²) in [7, 11) is 1.24. The Hall–Kier alpha value is -3.31. The summed E-state index contributed by atoms with van der Waals surface area (Å²) in [6.45, 7) is 1.57. The summed E-state index contributed by atoms with van der Waals surface area (Å²) in [5, 5.41) is 0.327. The van der Waals surface area contributed by atoms with E-state index in [9.17, 15) is 9.59 Å². The first-order valence-electron chi connectivity index (χ1n) is 8.89. The van der Waals surface area contributed by atoms with Gasteiger partial charge in [0.15, 0.2) is 6.10 Å². The van der Waals surface area contributed by atoms with Crippen molar-refractivity contribution in [2.45, 2.75) is 13.0 Å².